The quantitative estimate of drug-likeness (QED) is 0.482. The van der Waals surface area contributed by atoms with Gasteiger partial charge in [0.1, 0.15) is 10.1 Å². The summed E-state index contributed by atoms with van der Waals surface area (Å²) in [4.78, 5) is 0.0129. The minimum atomic E-state index is -4.52. The predicted molar refractivity (Wildman–Crippen MR) is 107 cm³/mol. The van der Waals surface area contributed by atoms with Crippen molar-refractivity contribution in [2.75, 3.05) is 0 Å². The van der Waals surface area contributed by atoms with Gasteiger partial charge in [-0.2, -0.15) is 0 Å². The summed E-state index contributed by atoms with van der Waals surface area (Å²) in [6.45, 7) is 8.71. The van der Waals surface area contributed by atoms with Crippen molar-refractivity contribution in [3.8, 4) is 0 Å². The van der Waals surface area contributed by atoms with E-state index in [4.69, 9.17) is 0 Å². The van der Waals surface area contributed by atoms with Gasteiger partial charge in [0.2, 0.25) is 0 Å². The van der Waals surface area contributed by atoms with Crippen LogP contribution in [0, 0.1) is 11.8 Å². The Labute approximate surface area is 187 Å². The fourth-order valence-electron chi connectivity index (χ4n) is 3.58. The van der Waals surface area contributed by atoms with Gasteiger partial charge in [0.05, 0.1) is 4.90 Å². The number of rotatable bonds is 9. The average molecular weight is 399 g/mol. The van der Waals surface area contributed by atoms with E-state index in [1.165, 1.54) is 0 Å². The van der Waals surface area contributed by atoms with Crippen LogP contribution in [0.15, 0.2) is 35.2 Å². The number of hydrogen-bond acceptors (Lipinski definition) is 3. The first kappa shape index (κ1) is 24.6. The second-order valence-corrected chi connectivity index (χ2v) is 9.41. The van der Waals surface area contributed by atoms with E-state index in [0.29, 0.717) is 23.6 Å². The molecule has 0 saturated heterocycles. The molecule has 2 aromatic rings. The van der Waals surface area contributed by atoms with E-state index in [0.717, 1.165) is 48.6 Å². The van der Waals surface area contributed by atoms with Gasteiger partial charge in [-0.3, -0.25) is 0 Å². The molecule has 0 heterocycles. The Kier molecular flexibility index (Phi) is 10.0. The number of fused-ring (bicyclic) bond motifs is 1. The van der Waals surface area contributed by atoms with Gasteiger partial charge in [-0.15, -0.1) is 0 Å². The summed E-state index contributed by atoms with van der Waals surface area (Å²) in [5, 5.41) is 1.41. The molecule has 5 heteroatoms. The van der Waals surface area contributed by atoms with Gasteiger partial charge in [-0.05, 0) is 59.4 Å². The van der Waals surface area contributed by atoms with E-state index >= 15 is 0 Å². The molecule has 0 bridgehead atoms. The van der Waals surface area contributed by atoms with Crippen LogP contribution in [0.25, 0.3) is 10.8 Å². The zero-order valence-corrected chi connectivity index (χ0v) is 20.2. The van der Waals surface area contributed by atoms with Gasteiger partial charge in [0.15, 0.2) is 0 Å². The fraction of sp³-hybridized carbons (Fsp3) is 0.545. The van der Waals surface area contributed by atoms with Crippen molar-refractivity contribution in [2.24, 2.45) is 11.8 Å². The molecule has 0 aromatic heterocycles. The van der Waals surface area contributed by atoms with E-state index in [9.17, 15) is 13.0 Å². The summed E-state index contributed by atoms with van der Waals surface area (Å²) in [6.07, 6.45) is 5.49. The monoisotopic (exact) mass is 398 g/mol. The maximum absolute atomic E-state index is 12.1. The van der Waals surface area contributed by atoms with E-state index in [-0.39, 0.29) is 34.5 Å². The molecule has 0 spiro atoms. The largest absolute Gasteiger partial charge is 1.00 e. The average Bonchev–Trinajstić information content (AvgIpc) is 2.53. The molecule has 0 aliphatic rings. The zero-order valence-electron chi connectivity index (χ0n) is 17.4. The van der Waals surface area contributed by atoms with Crippen LogP contribution in [0.1, 0.15) is 64.5 Å². The predicted octanol–water partition coefficient (Wildman–Crippen LogP) is 2.71. The Hall–Kier alpha value is -0.390. The second kappa shape index (κ2) is 11.0. The summed E-state index contributed by atoms with van der Waals surface area (Å²) >= 11 is 0. The minimum Gasteiger partial charge on any atom is -0.744 e. The van der Waals surface area contributed by atoms with Crippen molar-refractivity contribution in [3.05, 3.63) is 41.5 Å². The molecule has 0 amide bonds. The van der Waals surface area contributed by atoms with Crippen LogP contribution >= 0.6 is 0 Å². The Morgan fingerprint density at radius 3 is 2.04 bits per heavy atom. The number of benzene rings is 2. The third-order valence-corrected chi connectivity index (χ3v) is 5.85. The van der Waals surface area contributed by atoms with Crippen LogP contribution in [-0.2, 0) is 23.0 Å². The topological polar surface area (TPSA) is 57.2 Å². The minimum absolute atomic E-state index is 0. The first-order chi connectivity index (χ1) is 12.2. The maximum Gasteiger partial charge on any atom is 1.00 e. The summed E-state index contributed by atoms with van der Waals surface area (Å²) in [5.41, 5.74) is 1.78. The Bertz CT molecular complexity index is 842. The molecule has 0 fully saturated rings. The molecule has 144 valence electrons. The van der Waals surface area contributed by atoms with Crippen LogP contribution in [-0.4, -0.2) is 13.0 Å². The molecule has 0 atom stereocenters. The third kappa shape index (κ3) is 7.17. The van der Waals surface area contributed by atoms with Gasteiger partial charge in [-0.1, -0.05) is 70.9 Å². The molecular formula is C22H31NaO3S. The zero-order chi connectivity index (χ0) is 19.3. The van der Waals surface area contributed by atoms with Gasteiger partial charge in [-0.25, -0.2) is 8.42 Å². The molecule has 0 aliphatic heterocycles. The van der Waals surface area contributed by atoms with Crippen molar-refractivity contribution < 1.29 is 42.5 Å². The standard InChI is InChI=1S/C22H32O3S.Na/c1-16(2)9-7-12-19-15-18-11-5-6-13-20(18)22(26(23,24)25)21(19)14-8-10-17(3)4;/h5-6,11,13,15-17H,7-10,12,14H2,1-4H3,(H,23,24,25);/q;+1/p-1. The van der Waals surface area contributed by atoms with Crippen molar-refractivity contribution in [1.29, 1.82) is 0 Å². The molecule has 2 aromatic carbocycles. The normalized spacial score (nSPS) is 12.0. The van der Waals surface area contributed by atoms with Crippen LogP contribution in [0.2, 0.25) is 0 Å². The van der Waals surface area contributed by atoms with E-state index in [1.807, 2.05) is 12.1 Å². The first-order valence-corrected chi connectivity index (χ1v) is 11.1. The van der Waals surface area contributed by atoms with Crippen molar-refractivity contribution in [2.45, 2.75) is 71.1 Å². The molecule has 2 rings (SSSR count). The van der Waals surface area contributed by atoms with Crippen LogP contribution < -0.4 is 29.6 Å². The molecule has 0 unspecified atom stereocenters. The molecule has 0 radical (unpaired) electrons. The summed E-state index contributed by atoms with van der Waals surface area (Å²) in [6, 6.07) is 9.43. The Morgan fingerprint density at radius 1 is 0.926 bits per heavy atom. The first-order valence-electron chi connectivity index (χ1n) is 9.69. The van der Waals surface area contributed by atoms with Crippen molar-refractivity contribution in [3.63, 3.8) is 0 Å². The van der Waals surface area contributed by atoms with Crippen molar-refractivity contribution in [1.82, 2.24) is 0 Å². The molecule has 0 N–H and O–H groups in total. The summed E-state index contributed by atoms with van der Waals surface area (Å²) in [5.74, 6) is 1.18. The van der Waals surface area contributed by atoms with Crippen LogP contribution in [0.5, 0.6) is 0 Å². The van der Waals surface area contributed by atoms with Crippen molar-refractivity contribution >= 4 is 20.9 Å². The Morgan fingerprint density at radius 2 is 1.48 bits per heavy atom. The molecular weight excluding hydrogens is 367 g/mol. The third-order valence-electron chi connectivity index (χ3n) is 4.88. The van der Waals surface area contributed by atoms with E-state index in [1.54, 1.807) is 12.1 Å². The Balaban J connectivity index is 0.00000364. The number of aryl methyl sites for hydroxylation is 1. The smallest absolute Gasteiger partial charge is 0.744 e. The van der Waals surface area contributed by atoms with Gasteiger partial charge in [0.25, 0.3) is 0 Å². The fourth-order valence-corrected chi connectivity index (χ4v) is 4.57. The van der Waals surface area contributed by atoms with Crippen LogP contribution in [0.4, 0.5) is 0 Å². The van der Waals surface area contributed by atoms with Gasteiger partial charge >= 0.3 is 29.6 Å². The summed E-state index contributed by atoms with van der Waals surface area (Å²) < 4.78 is 36.4. The van der Waals surface area contributed by atoms with Crippen LogP contribution in [0.3, 0.4) is 0 Å². The maximum atomic E-state index is 12.1. The second-order valence-electron chi connectivity index (χ2n) is 8.09. The molecule has 27 heavy (non-hydrogen) atoms. The number of hydrogen-bond donors (Lipinski definition) is 0. The van der Waals surface area contributed by atoms with Gasteiger partial charge in [0, 0.05) is 0 Å². The SMILES string of the molecule is CC(C)CCCc1cc2ccccc2c(S(=O)(=O)[O-])c1CCCC(C)C.[Na+]. The molecule has 3 nitrogen and oxygen atoms in total. The molecule has 0 saturated carbocycles. The summed E-state index contributed by atoms with van der Waals surface area (Å²) in [7, 11) is -4.52. The van der Waals surface area contributed by atoms with E-state index in [2.05, 4.69) is 33.8 Å². The van der Waals surface area contributed by atoms with Gasteiger partial charge < -0.3 is 4.55 Å². The molecule has 0 aliphatic carbocycles. The van der Waals surface area contributed by atoms with E-state index < -0.39 is 10.1 Å².